The molecule has 0 saturated carbocycles. The topological polar surface area (TPSA) is 15.3 Å². The van der Waals surface area contributed by atoms with E-state index in [1.165, 1.54) is 58.2 Å². The van der Waals surface area contributed by atoms with Crippen molar-refractivity contribution in [1.82, 2.24) is 10.2 Å². The maximum atomic E-state index is 3.72. The predicted molar refractivity (Wildman–Crippen MR) is 69.3 cm³/mol. The maximum absolute atomic E-state index is 3.72. The van der Waals surface area contributed by atoms with Crippen molar-refractivity contribution in [2.24, 2.45) is 0 Å². The second-order valence-electron chi connectivity index (χ2n) is 4.40. The third-order valence-electron chi connectivity index (χ3n) is 2.47. The summed E-state index contributed by atoms with van der Waals surface area (Å²) >= 11 is 0. The zero-order valence-corrected chi connectivity index (χ0v) is 10.6. The Morgan fingerprint density at radius 2 is 1.67 bits per heavy atom. The molecule has 0 heterocycles. The van der Waals surface area contributed by atoms with E-state index in [4.69, 9.17) is 0 Å². The molecule has 0 aliphatic rings. The zero-order chi connectivity index (χ0) is 11.4. The predicted octanol–water partition coefficient (Wildman–Crippen LogP) is 2.66. The maximum Gasteiger partial charge on any atom is -0.00244 e. The van der Waals surface area contributed by atoms with Crippen LogP contribution in [0, 0.1) is 0 Å². The summed E-state index contributed by atoms with van der Waals surface area (Å²) < 4.78 is 0. The number of allylic oxidation sites excluding steroid dienone is 1. The van der Waals surface area contributed by atoms with Crippen LogP contribution in [0.15, 0.2) is 12.7 Å². The van der Waals surface area contributed by atoms with Gasteiger partial charge in [-0.05, 0) is 65.8 Å². The number of hydrogen-bond donors (Lipinski definition) is 1. The number of nitrogens with one attached hydrogen (secondary N) is 1. The molecule has 0 aliphatic heterocycles. The quantitative estimate of drug-likeness (QED) is 0.418. The van der Waals surface area contributed by atoms with Gasteiger partial charge in [0.05, 0.1) is 0 Å². The van der Waals surface area contributed by atoms with Gasteiger partial charge >= 0.3 is 0 Å². The summed E-state index contributed by atoms with van der Waals surface area (Å²) in [5.74, 6) is 0. The van der Waals surface area contributed by atoms with Crippen LogP contribution >= 0.6 is 0 Å². The van der Waals surface area contributed by atoms with Crippen molar-refractivity contribution in [1.29, 1.82) is 0 Å². The third-order valence-corrected chi connectivity index (χ3v) is 2.47. The molecule has 1 N–H and O–H groups in total. The van der Waals surface area contributed by atoms with Crippen molar-refractivity contribution in [2.45, 2.75) is 38.5 Å². The van der Waals surface area contributed by atoms with Crippen LogP contribution in [0.5, 0.6) is 0 Å². The lowest BCUT2D eigenvalue weighted by atomic mass is 10.2. The van der Waals surface area contributed by atoms with E-state index in [2.05, 4.69) is 30.9 Å². The summed E-state index contributed by atoms with van der Waals surface area (Å²) in [6.07, 6.45) is 9.71. The van der Waals surface area contributed by atoms with E-state index in [9.17, 15) is 0 Å². The molecule has 0 rings (SSSR count). The van der Waals surface area contributed by atoms with E-state index in [1.54, 1.807) is 0 Å². The molecule has 0 fully saturated rings. The molecule has 15 heavy (non-hydrogen) atoms. The minimum atomic E-state index is 1.17. The molecule has 0 aromatic rings. The van der Waals surface area contributed by atoms with Crippen LogP contribution in [0.25, 0.3) is 0 Å². The molecule has 0 atom stereocenters. The Bertz CT molecular complexity index is 132. The van der Waals surface area contributed by atoms with E-state index >= 15 is 0 Å². The fraction of sp³-hybridized carbons (Fsp3) is 0.846. The van der Waals surface area contributed by atoms with Gasteiger partial charge < -0.3 is 10.2 Å². The lowest BCUT2D eigenvalue weighted by molar-refractivity contribution is 0.391. The highest BCUT2D eigenvalue weighted by Crippen LogP contribution is 1.98. The number of rotatable bonds is 11. The van der Waals surface area contributed by atoms with Crippen molar-refractivity contribution in [2.75, 3.05) is 33.7 Å². The Labute approximate surface area is 95.7 Å². The summed E-state index contributed by atoms with van der Waals surface area (Å²) in [6.45, 7) is 7.29. The zero-order valence-electron chi connectivity index (χ0n) is 10.6. The molecule has 2 nitrogen and oxygen atoms in total. The molecule has 0 amide bonds. The van der Waals surface area contributed by atoms with Crippen molar-refractivity contribution < 1.29 is 0 Å². The lowest BCUT2D eigenvalue weighted by Gasteiger charge is -2.09. The number of hydrogen-bond acceptors (Lipinski definition) is 2. The van der Waals surface area contributed by atoms with Crippen molar-refractivity contribution in [3.05, 3.63) is 12.7 Å². The van der Waals surface area contributed by atoms with Gasteiger partial charge in [-0.3, -0.25) is 0 Å². The van der Waals surface area contributed by atoms with Crippen molar-refractivity contribution >= 4 is 0 Å². The molecule has 0 bridgehead atoms. The number of unbranched alkanes of at least 4 members (excludes halogenated alkanes) is 4. The fourth-order valence-electron chi connectivity index (χ4n) is 1.52. The molecule has 0 aromatic heterocycles. The van der Waals surface area contributed by atoms with Crippen LogP contribution in [0.4, 0.5) is 0 Å². The van der Waals surface area contributed by atoms with Gasteiger partial charge in [0.1, 0.15) is 0 Å². The summed E-state index contributed by atoms with van der Waals surface area (Å²) in [5, 5.41) is 3.49. The van der Waals surface area contributed by atoms with Gasteiger partial charge in [-0.15, -0.1) is 6.58 Å². The van der Waals surface area contributed by atoms with Crippen LogP contribution in [-0.4, -0.2) is 38.6 Å². The van der Waals surface area contributed by atoms with Gasteiger partial charge in [0.2, 0.25) is 0 Å². The molecular weight excluding hydrogens is 184 g/mol. The van der Waals surface area contributed by atoms with Gasteiger partial charge in [0.25, 0.3) is 0 Å². The van der Waals surface area contributed by atoms with E-state index in [0.29, 0.717) is 0 Å². The molecule has 0 radical (unpaired) electrons. The molecule has 0 aromatic carbocycles. The molecule has 0 spiro atoms. The molecule has 0 aliphatic carbocycles. The van der Waals surface area contributed by atoms with Crippen LogP contribution in [-0.2, 0) is 0 Å². The highest BCUT2D eigenvalue weighted by Gasteiger charge is 1.91. The Kier molecular flexibility index (Phi) is 11.5. The van der Waals surface area contributed by atoms with Crippen molar-refractivity contribution in [3.63, 3.8) is 0 Å². The van der Waals surface area contributed by atoms with Crippen LogP contribution in [0.1, 0.15) is 38.5 Å². The number of nitrogens with zero attached hydrogens (tertiary/aromatic N) is 1. The SMILES string of the molecule is C=CCCCCCNCCCCN(C)C. The molecule has 90 valence electrons. The fourth-order valence-corrected chi connectivity index (χ4v) is 1.52. The minimum Gasteiger partial charge on any atom is -0.317 e. The molecular formula is C13H28N2. The highest BCUT2D eigenvalue weighted by molar-refractivity contribution is 4.65. The van der Waals surface area contributed by atoms with E-state index in [1.807, 2.05) is 6.08 Å². The average Bonchev–Trinajstić information content (AvgIpc) is 2.20. The summed E-state index contributed by atoms with van der Waals surface area (Å²) in [4.78, 5) is 2.25. The Hall–Kier alpha value is -0.340. The monoisotopic (exact) mass is 212 g/mol. The molecule has 0 unspecified atom stereocenters. The highest BCUT2D eigenvalue weighted by atomic mass is 15.0. The smallest absolute Gasteiger partial charge is 0.00244 e. The molecule has 0 saturated heterocycles. The standard InChI is InChI=1S/C13H28N2/c1-4-5-6-7-8-11-14-12-9-10-13-15(2)3/h4,14H,1,5-13H2,2-3H3. The third kappa shape index (κ3) is 13.7. The first-order valence-electron chi connectivity index (χ1n) is 6.23. The Balaban J connectivity index is 2.89. The Morgan fingerprint density at radius 1 is 1.00 bits per heavy atom. The minimum absolute atomic E-state index is 1.17. The summed E-state index contributed by atoms with van der Waals surface area (Å²) in [7, 11) is 4.26. The first-order chi connectivity index (χ1) is 7.27. The normalized spacial score (nSPS) is 10.9. The van der Waals surface area contributed by atoms with Gasteiger partial charge in [0.15, 0.2) is 0 Å². The van der Waals surface area contributed by atoms with Crippen LogP contribution in [0.3, 0.4) is 0 Å². The summed E-state index contributed by atoms with van der Waals surface area (Å²) in [5.41, 5.74) is 0. The van der Waals surface area contributed by atoms with E-state index < -0.39 is 0 Å². The van der Waals surface area contributed by atoms with Crippen LogP contribution < -0.4 is 5.32 Å². The first kappa shape index (κ1) is 14.7. The lowest BCUT2D eigenvalue weighted by Crippen LogP contribution is -2.19. The van der Waals surface area contributed by atoms with Crippen molar-refractivity contribution in [3.8, 4) is 0 Å². The second-order valence-corrected chi connectivity index (χ2v) is 4.40. The van der Waals surface area contributed by atoms with Gasteiger partial charge in [-0.1, -0.05) is 12.5 Å². The van der Waals surface area contributed by atoms with Gasteiger partial charge in [0, 0.05) is 0 Å². The second kappa shape index (κ2) is 11.7. The van der Waals surface area contributed by atoms with E-state index in [0.717, 1.165) is 0 Å². The van der Waals surface area contributed by atoms with Gasteiger partial charge in [-0.2, -0.15) is 0 Å². The summed E-state index contributed by atoms with van der Waals surface area (Å²) in [6, 6.07) is 0. The van der Waals surface area contributed by atoms with E-state index in [-0.39, 0.29) is 0 Å². The largest absolute Gasteiger partial charge is 0.317 e. The first-order valence-corrected chi connectivity index (χ1v) is 6.23. The van der Waals surface area contributed by atoms with Gasteiger partial charge in [-0.25, -0.2) is 0 Å². The Morgan fingerprint density at radius 3 is 2.27 bits per heavy atom. The molecule has 2 heteroatoms. The van der Waals surface area contributed by atoms with Crippen LogP contribution in [0.2, 0.25) is 0 Å². The average molecular weight is 212 g/mol.